The number of methoxy groups -OCH3 is 1. The Labute approximate surface area is 182 Å². The lowest BCUT2D eigenvalue weighted by molar-refractivity contribution is 0.0930. The van der Waals surface area contributed by atoms with Crippen molar-refractivity contribution in [1.29, 1.82) is 0 Å². The molecule has 162 valence electrons. The van der Waals surface area contributed by atoms with Gasteiger partial charge in [0.15, 0.2) is 0 Å². The van der Waals surface area contributed by atoms with Gasteiger partial charge in [-0.25, -0.2) is 0 Å². The van der Waals surface area contributed by atoms with E-state index < -0.39 is 6.04 Å². The van der Waals surface area contributed by atoms with Gasteiger partial charge in [0.05, 0.1) is 7.11 Å². The smallest absolute Gasteiger partial charge is 0.318 e. The van der Waals surface area contributed by atoms with Crippen molar-refractivity contribution in [1.82, 2.24) is 15.5 Å². The number of anilines is 1. The molecule has 0 saturated carbocycles. The van der Waals surface area contributed by atoms with Gasteiger partial charge >= 0.3 is 6.01 Å². The Hall–Kier alpha value is -3.35. The van der Waals surface area contributed by atoms with Crippen molar-refractivity contribution in [3.8, 4) is 5.75 Å². The highest BCUT2D eigenvalue weighted by Crippen LogP contribution is 2.24. The number of rotatable bonds is 7. The standard InChI is InChI=1S/C24H28N4O3/c1-30-20-13-11-19(12-14-20)22(29)25-21(17-18-9-5-4-6-10-18)23-26-27-24(31-23)28-15-7-2-3-8-16-28/h4-6,9-14,21H,2-3,7-8,15-17H2,1H3,(H,25,29)/t21-/m0/s1. The molecule has 0 spiro atoms. The van der Waals surface area contributed by atoms with Crippen molar-refractivity contribution in [2.45, 2.75) is 38.1 Å². The molecular weight excluding hydrogens is 392 g/mol. The minimum Gasteiger partial charge on any atom is -0.497 e. The number of benzene rings is 2. The number of carbonyl (C=O) groups excluding carboxylic acids is 1. The predicted molar refractivity (Wildman–Crippen MR) is 118 cm³/mol. The van der Waals surface area contributed by atoms with E-state index in [1.807, 2.05) is 30.3 Å². The molecule has 1 fully saturated rings. The van der Waals surface area contributed by atoms with Crippen LogP contribution in [-0.4, -0.2) is 36.3 Å². The van der Waals surface area contributed by atoms with Gasteiger partial charge in [-0.3, -0.25) is 4.79 Å². The van der Waals surface area contributed by atoms with Crippen molar-refractivity contribution in [3.63, 3.8) is 0 Å². The summed E-state index contributed by atoms with van der Waals surface area (Å²) in [5.74, 6) is 0.930. The highest BCUT2D eigenvalue weighted by atomic mass is 16.5. The molecule has 1 amide bonds. The van der Waals surface area contributed by atoms with Crippen LogP contribution in [0.2, 0.25) is 0 Å². The predicted octanol–water partition coefficient (Wildman–Crippen LogP) is 4.17. The van der Waals surface area contributed by atoms with Gasteiger partial charge in [-0.15, -0.1) is 5.10 Å². The van der Waals surface area contributed by atoms with Gasteiger partial charge in [0.1, 0.15) is 11.8 Å². The van der Waals surface area contributed by atoms with Crippen LogP contribution in [0.4, 0.5) is 6.01 Å². The first-order valence-corrected chi connectivity index (χ1v) is 10.8. The number of carbonyl (C=O) groups is 1. The van der Waals surface area contributed by atoms with Gasteiger partial charge in [0, 0.05) is 25.1 Å². The molecule has 0 aliphatic carbocycles. The number of hydrogen-bond donors (Lipinski definition) is 1. The van der Waals surface area contributed by atoms with Crippen LogP contribution in [0.5, 0.6) is 5.75 Å². The van der Waals surface area contributed by atoms with E-state index >= 15 is 0 Å². The first kappa shape index (κ1) is 20.9. The molecule has 1 aromatic heterocycles. The molecule has 7 heteroatoms. The van der Waals surface area contributed by atoms with Crippen LogP contribution >= 0.6 is 0 Å². The Balaban J connectivity index is 1.54. The molecule has 1 aliphatic heterocycles. The van der Waals surface area contributed by atoms with Crippen LogP contribution in [0.15, 0.2) is 59.0 Å². The third kappa shape index (κ3) is 5.42. The quantitative estimate of drug-likeness (QED) is 0.618. The summed E-state index contributed by atoms with van der Waals surface area (Å²) in [5.41, 5.74) is 1.63. The second-order valence-corrected chi connectivity index (χ2v) is 7.77. The molecular formula is C24H28N4O3. The van der Waals surface area contributed by atoms with Gasteiger partial charge in [-0.1, -0.05) is 48.3 Å². The lowest BCUT2D eigenvalue weighted by Crippen LogP contribution is -2.30. The number of aromatic nitrogens is 2. The zero-order chi connectivity index (χ0) is 21.5. The molecule has 2 heterocycles. The van der Waals surface area contributed by atoms with Gasteiger partial charge in [0.25, 0.3) is 5.91 Å². The second kappa shape index (κ2) is 10.1. The third-order valence-corrected chi connectivity index (χ3v) is 5.54. The number of amides is 1. The average Bonchev–Trinajstić information content (AvgIpc) is 3.15. The second-order valence-electron chi connectivity index (χ2n) is 7.77. The Morgan fingerprint density at radius 2 is 1.74 bits per heavy atom. The van der Waals surface area contributed by atoms with E-state index in [-0.39, 0.29) is 5.91 Å². The SMILES string of the molecule is COc1ccc(C(=O)N[C@@H](Cc2ccccc2)c2nnc(N3CCCCCC3)o2)cc1. The summed E-state index contributed by atoms with van der Waals surface area (Å²) in [6, 6.07) is 17.1. The zero-order valence-corrected chi connectivity index (χ0v) is 17.8. The van der Waals surface area contributed by atoms with E-state index in [2.05, 4.69) is 20.4 Å². The van der Waals surface area contributed by atoms with Gasteiger partial charge in [-0.05, 0) is 42.7 Å². The van der Waals surface area contributed by atoms with Crippen molar-refractivity contribution in [3.05, 3.63) is 71.6 Å². The van der Waals surface area contributed by atoms with Gasteiger partial charge < -0.3 is 19.4 Å². The van der Waals surface area contributed by atoms with E-state index in [0.29, 0.717) is 29.6 Å². The van der Waals surface area contributed by atoms with Crippen molar-refractivity contribution < 1.29 is 13.9 Å². The van der Waals surface area contributed by atoms with Crippen molar-refractivity contribution in [2.24, 2.45) is 0 Å². The molecule has 1 saturated heterocycles. The molecule has 1 atom stereocenters. The topological polar surface area (TPSA) is 80.5 Å². The van der Waals surface area contributed by atoms with Crippen LogP contribution in [0.25, 0.3) is 0 Å². The summed E-state index contributed by atoms with van der Waals surface area (Å²) in [7, 11) is 1.60. The first-order valence-electron chi connectivity index (χ1n) is 10.8. The van der Waals surface area contributed by atoms with E-state index in [0.717, 1.165) is 31.5 Å². The van der Waals surface area contributed by atoms with Gasteiger partial charge in [-0.2, -0.15) is 0 Å². The molecule has 3 aromatic rings. The maximum atomic E-state index is 12.9. The van der Waals surface area contributed by atoms with Crippen LogP contribution in [0, 0.1) is 0 Å². The zero-order valence-electron chi connectivity index (χ0n) is 17.8. The molecule has 0 bridgehead atoms. The number of nitrogens with zero attached hydrogens (tertiary/aromatic N) is 3. The number of ether oxygens (including phenoxy) is 1. The Kier molecular flexibility index (Phi) is 6.82. The largest absolute Gasteiger partial charge is 0.497 e. The lowest BCUT2D eigenvalue weighted by atomic mass is 10.1. The summed E-state index contributed by atoms with van der Waals surface area (Å²) >= 11 is 0. The Morgan fingerprint density at radius 3 is 2.42 bits per heavy atom. The monoisotopic (exact) mass is 420 g/mol. The van der Waals surface area contributed by atoms with E-state index in [1.165, 1.54) is 12.8 Å². The van der Waals surface area contributed by atoms with Crippen LogP contribution in [-0.2, 0) is 6.42 Å². The third-order valence-electron chi connectivity index (χ3n) is 5.54. The first-order chi connectivity index (χ1) is 15.2. The van der Waals surface area contributed by atoms with Crippen molar-refractivity contribution in [2.75, 3.05) is 25.1 Å². The fourth-order valence-electron chi connectivity index (χ4n) is 3.79. The lowest BCUT2D eigenvalue weighted by Gasteiger charge is -2.18. The maximum Gasteiger partial charge on any atom is 0.318 e. The summed E-state index contributed by atoms with van der Waals surface area (Å²) in [6.07, 6.45) is 5.27. The highest BCUT2D eigenvalue weighted by Gasteiger charge is 2.24. The molecule has 4 rings (SSSR count). The molecule has 1 N–H and O–H groups in total. The summed E-state index contributed by atoms with van der Waals surface area (Å²) in [5, 5.41) is 11.7. The molecule has 31 heavy (non-hydrogen) atoms. The fourth-order valence-corrected chi connectivity index (χ4v) is 3.79. The van der Waals surface area contributed by atoms with Crippen LogP contribution in [0.3, 0.4) is 0 Å². The molecule has 1 aliphatic rings. The van der Waals surface area contributed by atoms with Gasteiger partial charge in [0.2, 0.25) is 5.89 Å². The minimum absolute atomic E-state index is 0.196. The van der Waals surface area contributed by atoms with Crippen LogP contribution < -0.4 is 15.0 Å². The average molecular weight is 421 g/mol. The Morgan fingerprint density at radius 1 is 1.03 bits per heavy atom. The minimum atomic E-state index is -0.426. The van der Waals surface area contributed by atoms with Crippen molar-refractivity contribution >= 4 is 11.9 Å². The molecule has 0 radical (unpaired) electrons. The van der Waals surface area contributed by atoms with E-state index in [9.17, 15) is 4.79 Å². The summed E-state index contributed by atoms with van der Waals surface area (Å²) in [6.45, 7) is 1.84. The number of nitrogens with one attached hydrogen (secondary N) is 1. The molecule has 0 unspecified atom stereocenters. The summed E-state index contributed by atoms with van der Waals surface area (Å²) in [4.78, 5) is 15.1. The number of hydrogen-bond acceptors (Lipinski definition) is 6. The molecule has 2 aromatic carbocycles. The molecule has 7 nitrogen and oxygen atoms in total. The maximum absolute atomic E-state index is 12.9. The fraction of sp³-hybridized carbons (Fsp3) is 0.375. The normalized spacial score (nSPS) is 15.2. The Bertz CT molecular complexity index is 964. The van der Waals surface area contributed by atoms with E-state index in [4.69, 9.17) is 9.15 Å². The van der Waals surface area contributed by atoms with E-state index in [1.54, 1.807) is 31.4 Å². The highest BCUT2D eigenvalue weighted by molar-refractivity contribution is 5.94. The van der Waals surface area contributed by atoms with Crippen LogP contribution in [0.1, 0.15) is 53.5 Å². The summed E-state index contributed by atoms with van der Waals surface area (Å²) < 4.78 is 11.2.